The van der Waals surface area contributed by atoms with Gasteiger partial charge in [-0.2, -0.15) is 0 Å². The first-order chi connectivity index (χ1) is 7.09. The molecule has 1 aromatic carbocycles. The molecule has 0 radical (unpaired) electrons. The summed E-state index contributed by atoms with van der Waals surface area (Å²) in [5.41, 5.74) is 0. The van der Waals surface area contributed by atoms with Crippen molar-refractivity contribution < 1.29 is 14.2 Å². The fourth-order valence-electron chi connectivity index (χ4n) is 0.976. The van der Waals surface area contributed by atoms with E-state index in [2.05, 4.69) is 6.58 Å². The summed E-state index contributed by atoms with van der Waals surface area (Å²) >= 11 is 5.48. The Morgan fingerprint density at radius 3 is 2.60 bits per heavy atom. The van der Waals surface area contributed by atoms with Crippen molar-refractivity contribution in [3.8, 4) is 5.75 Å². The van der Waals surface area contributed by atoms with Crippen LogP contribution in [0.15, 0.2) is 35.9 Å². The van der Waals surface area contributed by atoms with Crippen molar-refractivity contribution in [3.05, 3.63) is 41.7 Å². The Kier molecular flexibility index (Phi) is 4.59. The minimum atomic E-state index is -0.771. The number of hydrogen-bond acceptors (Lipinski definition) is 2. The summed E-state index contributed by atoms with van der Waals surface area (Å²) in [4.78, 5) is 0. The number of aliphatic hydroxyl groups excluding tert-OH is 1. The summed E-state index contributed by atoms with van der Waals surface area (Å²) in [6, 6.07) is 5.67. The Labute approximate surface area is 92.9 Å². The lowest BCUT2D eigenvalue weighted by Gasteiger charge is -2.09. The van der Waals surface area contributed by atoms with Crippen LogP contribution in [0.2, 0.25) is 0 Å². The van der Waals surface area contributed by atoms with E-state index >= 15 is 0 Å². The fourth-order valence-corrected chi connectivity index (χ4v) is 1.08. The standard InChI is InChI=1S/C11H12ClFO2/c1-8(12)11(14)6-7-15-10-4-2-9(13)3-5-10/h2-5,11,14H,1,6-7H2. The van der Waals surface area contributed by atoms with Crippen LogP contribution in [0.1, 0.15) is 6.42 Å². The van der Waals surface area contributed by atoms with E-state index in [9.17, 15) is 9.50 Å². The second-order valence-electron chi connectivity index (χ2n) is 3.05. The smallest absolute Gasteiger partial charge is 0.123 e. The summed E-state index contributed by atoms with van der Waals surface area (Å²) in [6.45, 7) is 3.71. The molecule has 1 N–H and O–H groups in total. The van der Waals surface area contributed by atoms with Gasteiger partial charge in [-0.15, -0.1) is 0 Å². The van der Waals surface area contributed by atoms with Gasteiger partial charge in [0.15, 0.2) is 0 Å². The van der Waals surface area contributed by atoms with E-state index in [0.29, 0.717) is 18.8 Å². The fraction of sp³-hybridized carbons (Fsp3) is 0.273. The zero-order valence-electron chi connectivity index (χ0n) is 8.12. The number of ether oxygens (including phenoxy) is 1. The van der Waals surface area contributed by atoms with Crippen molar-refractivity contribution in [3.63, 3.8) is 0 Å². The SMILES string of the molecule is C=C(Cl)C(O)CCOc1ccc(F)cc1. The first kappa shape index (κ1) is 12.0. The van der Waals surface area contributed by atoms with Crippen LogP contribution in [0, 0.1) is 5.82 Å². The summed E-state index contributed by atoms with van der Waals surface area (Å²) < 4.78 is 17.8. The van der Waals surface area contributed by atoms with Crippen LogP contribution >= 0.6 is 11.6 Å². The third-order valence-corrected chi connectivity index (χ3v) is 2.09. The van der Waals surface area contributed by atoms with E-state index in [1.165, 1.54) is 24.3 Å². The molecule has 0 aliphatic heterocycles. The minimum Gasteiger partial charge on any atom is -0.493 e. The zero-order valence-corrected chi connectivity index (χ0v) is 8.88. The van der Waals surface area contributed by atoms with Crippen molar-refractivity contribution in [2.45, 2.75) is 12.5 Å². The Morgan fingerprint density at radius 2 is 2.07 bits per heavy atom. The molecule has 1 rings (SSSR count). The lowest BCUT2D eigenvalue weighted by molar-refractivity contribution is 0.175. The predicted molar refractivity (Wildman–Crippen MR) is 57.5 cm³/mol. The molecular weight excluding hydrogens is 219 g/mol. The zero-order chi connectivity index (χ0) is 11.3. The Balaban J connectivity index is 2.32. The highest BCUT2D eigenvalue weighted by Crippen LogP contribution is 2.13. The van der Waals surface area contributed by atoms with E-state index in [4.69, 9.17) is 16.3 Å². The highest BCUT2D eigenvalue weighted by atomic mass is 35.5. The topological polar surface area (TPSA) is 29.5 Å². The summed E-state index contributed by atoms with van der Waals surface area (Å²) in [7, 11) is 0. The molecule has 0 spiro atoms. The van der Waals surface area contributed by atoms with E-state index < -0.39 is 6.10 Å². The Hall–Kier alpha value is -1.06. The summed E-state index contributed by atoms with van der Waals surface area (Å²) in [5.74, 6) is 0.250. The molecule has 0 saturated carbocycles. The van der Waals surface area contributed by atoms with Crippen LogP contribution in [0.25, 0.3) is 0 Å². The molecule has 0 bridgehead atoms. The lowest BCUT2D eigenvalue weighted by Crippen LogP contribution is -2.11. The molecule has 4 heteroatoms. The molecule has 0 aliphatic carbocycles. The average molecular weight is 231 g/mol. The molecule has 1 atom stereocenters. The van der Waals surface area contributed by atoms with Crippen molar-refractivity contribution in [2.24, 2.45) is 0 Å². The molecule has 0 fully saturated rings. The van der Waals surface area contributed by atoms with Crippen molar-refractivity contribution in [1.29, 1.82) is 0 Å². The minimum absolute atomic E-state index is 0.192. The first-order valence-electron chi connectivity index (χ1n) is 4.50. The number of benzene rings is 1. The van der Waals surface area contributed by atoms with Gasteiger partial charge in [0.1, 0.15) is 11.6 Å². The highest BCUT2D eigenvalue weighted by Gasteiger charge is 2.06. The normalized spacial score (nSPS) is 12.2. The lowest BCUT2D eigenvalue weighted by atomic mass is 10.2. The van der Waals surface area contributed by atoms with Gasteiger partial charge in [0.2, 0.25) is 0 Å². The quantitative estimate of drug-likeness (QED) is 0.843. The second-order valence-corrected chi connectivity index (χ2v) is 3.54. The van der Waals surface area contributed by atoms with E-state index in [-0.39, 0.29) is 10.8 Å². The predicted octanol–water partition coefficient (Wildman–Crippen LogP) is 2.71. The first-order valence-corrected chi connectivity index (χ1v) is 4.88. The molecule has 15 heavy (non-hydrogen) atoms. The van der Waals surface area contributed by atoms with Gasteiger partial charge in [-0.3, -0.25) is 0 Å². The maximum absolute atomic E-state index is 12.5. The molecule has 1 unspecified atom stereocenters. The van der Waals surface area contributed by atoms with Crippen LogP contribution in [-0.2, 0) is 0 Å². The van der Waals surface area contributed by atoms with Gasteiger partial charge in [0.25, 0.3) is 0 Å². The third-order valence-electron chi connectivity index (χ3n) is 1.84. The molecule has 0 heterocycles. The largest absolute Gasteiger partial charge is 0.493 e. The van der Waals surface area contributed by atoms with Crippen molar-refractivity contribution >= 4 is 11.6 Å². The Bertz CT molecular complexity index is 324. The Morgan fingerprint density at radius 1 is 1.47 bits per heavy atom. The summed E-state index contributed by atoms with van der Waals surface area (Å²) in [5, 5.41) is 9.47. The van der Waals surface area contributed by atoms with Gasteiger partial charge in [-0.25, -0.2) is 4.39 Å². The van der Waals surface area contributed by atoms with Crippen LogP contribution < -0.4 is 4.74 Å². The molecular formula is C11H12ClFO2. The number of aliphatic hydroxyl groups is 1. The molecule has 2 nitrogen and oxygen atoms in total. The van der Waals surface area contributed by atoms with Crippen LogP contribution in [-0.4, -0.2) is 17.8 Å². The molecule has 0 aromatic heterocycles. The van der Waals surface area contributed by atoms with Gasteiger partial charge in [0, 0.05) is 11.5 Å². The summed E-state index contributed by atoms with van der Waals surface area (Å²) in [6.07, 6.45) is -0.410. The van der Waals surface area contributed by atoms with Crippen LogP contribution in [0.5, 0.6) is 5.75 Å². The van der Waals surface area contributed by atoms with Gasteiger partial charge >= 0.3 is 0 Å². The third kappa shape index (κ3) is 4.32. The monoisotopic (exact) mass is 230 g/mol. The van der Waals surface area contributed by atoms with Gasteiger partial charge < -0.3 is 9.84 Å². The number of rotatable bonds is 5. The molecule has 0 aliphatic rings. The van der Waals surface area contributed by atoms with Gasteiger partial charge in [-0.1, -0.05) is 18.2 Å². The van der Waals surface area contributed by atoms with Crippen molar-refractivity contribution in [2.75, 3.05) is 6.61 Å². The maximum Gasteiger partial charge on any atom is 0.123 e. The molecule has 0 saturated heterocycles. The van der Waals surface area contributed by atoms with Crippen LogP contribution in [0.3, 0.4) is 0 Å². The molecule has 1 aromatic rings. The number of halogens is 2. The van der Waals surface area contributed by atoms with E-state index in [0.717, 1.165) is 0 Å². The molecule has 0 amide bonds. The van der Waals surface area contributed by atoms with Crippen molar-refractivity contribution in [1.82, 2.24) is 0 Å². The second kappa shape index (κ2) is 5.73. The van der Waals surface area contributed by atoms with E-state index in [1.807, 2.05) is 0 Å². The van der Waals surface area contributed by atoms with Gasteiger partial charge in [-0.05, 0) is 24.3 Å². The van der Waals surface area contributed by atoms with Gasteiger partial charge in [0.05, 0.1) is 12.7 Å². The number of hydrogen-bond donors (Lipinski definition) is 1. The molecule has 82 valence electrons. The van der Waals surface area contributed by atoms with E-state index in [1.54, 1.807) is 0 Å². The average Bonchev–Trinajstić information content (AvgIpc) is 2.20. The highest BCUT2D eigenvalue weighted by molar-refractivity contribution is 6.29. The van der Waals surface area contributed by atoms with Crippen LogP contribution in [0.4, 0.5) is 4.39 Å². The maximum atomic E-state index is 12.5.